The third-order valence-electron chi connectivity index (χ3n) is 7.91. The van der Waals surface area contributed by atoms with Gasteiger partial charge in [-0.25, -0.2) is 0 Å². The molecule has 8 nitrogen and oxygen atoms in total. The van der Waals surface area contributed by atoms with Crippen LogP contribution in [-0.2, 0) is 16.1 Å². The predicted octanol–water partition coefficient (Wildman–Crippen LogP) is 5.01. The molecule has 2 aliphatic rings. The van der Waals surface area contributed by atoms with Crippen molar-refractivity contribution in [1.29, 1.82) is 0 Å². The maximum Gasteiger partial charge on any atom is 0.256 e. The molecule has 226 valence electrons. The Bertz CT molecular complexity index is 1350. The molecule has 43 heavy (non-hydrogen) atoms. The topological polar surface area (TPSA) is 68.4 Å². The third-order valence-corrected chi connectivity index (χ3v) is 8.33. The van der Waals surface area contributed by atoms with Crippen molar-refractivity contribution in [2.45, 2.75) is 38.8 Å². The number of hydrogen-bond acceptors (Lipinski definition) is 6. The summed E-state index contributed by atoms with van der Waals surface area (Å²) >= 11 is 5.84. The maximum atomic E-state index is 13.7. The highest BCUT2D eigenvalue weighted by Gasteiger charge is 2.43. The Morgan fingerprint density at radius 3 is 2.21 bits per heavy atom. The van der Waals surface area contributed by atoms with Crippen LogP contribution in [0.2, 0.25) is 0 Å². The van der Waals surface area contributed by atoms with Gasteiger partial charge in [-0.2, -0.15) is 0 Å². The first-order chi connectivity index (χ1) is 21.0. The number of para-hydroxylation sites is 1. The number of thiocarbonyl (C=S) groups is 1. The normalized spacial score (nSPS) is 17.8. The summed E-state index contributed by atoms with van der Waals surface area (Å²) in [7, 11) is 0. The monoisotopic (exact) mass is 599 g/mol. The Hall–Kier alpha value is -3.79. The van der Waals surface area contributed by atoms with E-state index in [9.17, 15) is 9.59 Å². The minimum Gasteiger partial charge on any atom is -0.494 e. The van der Waals surface area contributed by atoms with E-state index in [0.717, 1.165) is 63.5 Å². The number of rotatable bonds is 13. The van der Waals surface area contributed by atoms with Gasteiger partial charge in [-0.15, -0.1) is 0 Å². The first-order valence-corrected chi connectivity index (χ1v) is 15.6. The molecule has 0 aromatic heterocycles. The molecule has 2 heterocycles. The van der Waals surface area contributed by atoms with Gasteiger partial charge in [0.15, 0.2) is 5.11 Å². The zero-order chi connectivity index (χ0) is 30.0. The number of amides is 2. The molecular formula is C34H41N5O3S. The maximum absolute atomic E-state index is 13.7. The minimum absolute atomic E-state index is 0.0224. The number of carbonyl (C=O) groups is 2. The number of ether oxygens (including phenoxy) is 1. The van der Waals surface area contributed by atoms with E-state index in [1.165, 1.54) is 5.56 Å². The van der Waals surface area contributed by atoms with E-state index >= 15 is 0 Å². The van der Waals surface area contributed by atoms with Gasteiger partial charge >= 0.3 is 0 Å². The lowest BCUT2D eigenvalue weighted by atomic mass is 10.1. The second kappa shape index (κ2) is 15.1. The molecule has 0 bridgehead atoms. The van der Waals surface area contributed by atoms with Gasteiger partial charge < -0.3 is 19.9 Å². The van der Waals surface area contributed by atoms with Crippen LogP contribution in [0.4, 0.5) is 11.4 Å². The van der Waals surface area contributed by atoms with Gasteiger partial charge in [0.2, 0.25) is 5.91 Å². The molecule has 3 aromatic rings. The van der Waals surface area contributed by atoms with Crippen LogP contribution in [0.1, 0.15) is 31.7 Å². The van der Waals surface area contributed by atoms with E-state index in [0.29, 0.717) is 24.0 Å². The van der Waals surface area contributed by atoms with Crippen molar-refractivity contribution in [3.63, 3.8) is 0 Å². The van der Waals surface area contributed by atoms with Crippen molar-refractivity contribution in [2.75, 3.05) is 56.1 Å². The highest BCUT2D eigenvalue weighted by molar-refractivity contribution is 7.80. The summed E-state index contributed by atoms with van der Waals surface area (Å²) in [6.45, 7) is 9.31. The fourth-order valence-corrected chi connectivity index (χ4v) is 6.04. The Kier molecular flexibility index (Phi) is 10.8. The molecule has 2 saturated heterocycles. The van der Waals surface area contributed by atoms with E-state index in [-0.39, 0.29) is 18.2 Å². The molecule has 3 aromatic carbocycles. The van der Waals surface area contributed by atoms with Crippen LogP contribution in [0.15, 0.2) is 84.9 Å². The molecule has 1 N–H and O–H groups in total. The van der Waals surface area contributed by atoms with E-state index in [4.69, 9.17) is 17.0 Å². The molecule has 5 rings (SSSR count). The minimum atomic E-state index is -0.650. The van der Waals surface area contributed by atoms with Crippen LogP contribution in [0.3, 0.4) is 0 Å². The van der Waals surface area contributed by atoms with Crippen LogP contribution in [0, 0.1) is 0 Å². The number of anilines is 2. The molecule has 1 atom stereocenters. The van der Waals surface area contributed by atoms with Crippen molar-refractivity contribution in [1.82, 2.24) is 14.7 Å². The lowest BCUT2D eigenvalue weighted by molar-refractivity contribution is -0.124. The number of nitrogens with zero attached hydrogens (tertiary/aromatic N) is 4. The molecule has 1 unspecified atom stereocenters. The van der Waals surface area contributed by atoms with Crippen molar-refractivity contribution in [3.05, 3.63) is 90.5 Å². The Morgan fingerprint density at radius 2 is 1.53 bits per heavy atom. The van der Waals surface area contributed by atoms with E-state index in [2.05, 4.69) is 52.4 Å². The summed E-state index contributed by atoms with van der Waals surface area (Å²) < 4.78 is 5.64. The fraction of sp³-hybridized carbons (Fsp3) is 0.382. The standard InChI is InChI=1S/C34H41N5O3S/c1-2-24-42-30-16-14-28(15-17-30)35-32(40)25-31-33(41)39(29-12-7-4-8-13-29)34(43)38(31)19-9-18-36-20-22-37(23-21-36)26-27-10-5-3-6-11-27/h3-8,10-17,31H,2,9,18-26H2,1H3,(H,35,40). The average Bonchev–Trinajstić information content (AvgIpc) is 3.26. The number of carbonyl (C=O) groups excluding carboxylic acids is 2. The van der Waals surface area contributed by atoms with Gasteiger partial charge in [0.05, 0.1) is 18.7 Å². The summed E-state index contributed by atoms with van der Waals surface area (Å²) in [5.41, 5.74) is 2.74. The SMILES string of the molecule is CCCOc1ccc(NC(=O)CC2C(=O)N(c3ccccc3)C(=S)N2CCCN2CCN(Cc3ccccc3)CC2)cc1. The summed E-state index contributed by atoms with van der Waals surface area (Å²) in [6, 6.07) is 26.7. The van der Waals surface area contributed by atoms with Gasteiger partial charge in [0.1, 0.15) is 11.8 Å². The summed E-state index contributed by atoms with van der Waals surface area (Å²) in [5.74, 6) is 0.375. The molecule has 2 aliphatic heterocycles. The third kappa shape index (κ3) is 8.19. The second-order valence-electron chi connectivity index (χ2n) is 11.1. The predicted molar refractivity (Wildman–Crippen MR) is 175 cm³/mol. The van der Waals surface area contributed by atoms with E-state index in [1.807, 2.05) is 59.5 Å². The van der Waals surface area contributed by atoms with Crippen molar-refractivity contribution < 1.29 is 14.3 Å². The summed E-state index contributed by atoms with van der Waals surface area (Å²) in [5, 5.41) is 3.40. The zero-order valence-electron chi connectivity index (χ0n) is 24.9. The van der Waals surface area contributed by atoms with Crippen LogP contribution >= 0.6 is 12.2 Å². The van der Waals surface area contributed by atoms with Gasteiger partial charge in [-0.1, -0.05) is 55.5 Å². The molecule has 0 aliphatic carbocycles. The van der Waals surface area contributed by atoms with Crippen molar-refractivity contribution >= 4 is 40.5 Å². The van der Waals surface area contributed by atoms with Gasteiger partial charge in [0, 0.05) is 45.0 Å². The van der Waals surface area contributed by atoms with Crippen LogP contribution in [0.25, 0.3) is 0 Å². The second-order valence-corrected chi connectivity index (χ2v) is 11.4. The summed E-state index contributed by atoms with van der Waals surface area (Å²) in [6.07, 6.45) is 1.80. The van der Waals surface area contributed by atoms with Crippen LogP contribution in [-0.4, -0.2) is 83.5 Å². The zero-order valence-corrected chi connectivity index (χ0v) is 25.7. The molecular weight excluding hydrogens is 558 g/mol. The molecule has 0 spiro atoms. The lowest BCUT2D eigenvalue weighted by Gasteiger charge is -2.35. The average molecular weight is 600 g/mol. The number of hydrogen-bond donors (Lipinski definition) is 1. The Balaban J connectivity index is 1.17. The van der Waals surface area contributed by atoms with Crippen molar-refractivity contribution in [2.24, 2.45) is 0 Å². The number of nitrogens with one attached hydrogen (secondary N) is 1. The number of piperazine rings is 1. The van der Waals surface area contributed by atoms with Gasteiger partial charge in [-0.05, 0) is 73.6 Å². The van der Waals surface area contributed by atoms with E-state index in [1.54, 1.807) is 4.90 Å². The highest BCUT2D eigenvalue weighted by Crippen LogP contribution is 2.28. The Morgan fingerprint density at radius 1 is 0.884 bits per heavy atom. The van der Waals surface area contributed by atoms with Crippen molar-refractivity contribution in [3.8, 4) is 5.75 Å². The largest absolute Gasteiger partial charge is 0.494 e. The first kappa shape index (κ1) is 30.7. The molecule has 2 amide bonds. The first-order valence-electron chi connectivity index (χ1n) is 15.2. The molecule has 0 radical (unpaired) electrons. The van der Waals surface area contributed by atoms with E-state index < -0.39 is 6.04 Å². The van der Waals surface area contributed by atoms with Gasteiger partial charge in [0.25, 0.3) is 5.91 Å². The Labute approximate surface area is 260 Å². The quantitative estimate of drug-likeness (QED) is 0.277. The lowest BCUT2D eigenvalue weighted by Crippen LogP contribution is -2.47. The summed E-state index contributed by atoms with van der Waals surface area (Å²) in [4.78, 5) is 35.3. The van der Waals surface area contributed by atoms with Crippen LogP contribution in [0.5, 0.6) is 5.75 Å². The highest BCUT2D eigenvalue weighted by atomic mass is 32.1. The van der Waals surface area contributed by atoms with Crippen LogP contribution < -0.4 is 15.0 Å². The fourth-order valence-electron chi connectivity index (χ4n) is 5.62. The molecule has 9 heteroatoms. The smallest absolute Gasteiger partial charge is 0.256 e. The van der Waals surface area contributed by atoms with Gasteiger partial charge in [-0.3, -0.25) is 19.4 Å². The molecule has 2 fully saturated rings. The molecule has 0 saturated carbocycles. The number of benzene rings is 3.